The molecule has 10 nitrogen and oxygen atoms in total. The Hall–Kier alpha value is -2.13. The van der Waals surface area contributed by atoms with Crippen molar-refractivity contribution in [3.8, 4) is 0 Å². The Balaban J connectivity index is 1.20. The molecule has 6 aliphatic rings. The van der Waals surface area contributed by atoms with Crippen molar-refractivity contribution in [3.05, 3.63) is 63.2 Å². The first-order chi connectivity index (χ1) is 23.0. The number of aliphatic hydroxyl groups is 2. The van der Waals surface area contributed by atoms with E-state index >= 15 is 0 Å². The Morgan fingerprint density at radius 3 is 2.44 bits per heavy atom. The summed E-state index contributed by atoms with van der Waals surface area (Å²) in [6.07, 6.45) is 1.78. The van der Waals surface area contributed by atoms with Crippen molar-refractivity contribution >= 4 is 40.2 Å². The number of para-hydroxylation sites is 1. The first-order valence-corrected chi connectivity index (χ1v) is 18.3. The van der Waals surface area contributed by atoms with Crippen LogP contribution in [-0.4, -0.2) is 103 Å². The van der Waals surface area contributed by atoms with E-state index in [0.29, 0.717) is 56.4 Å². The number of carbonyl (C=O) groups excluding carboxylic acids is 2. The second-order valence-corrected chi connectivity index (χ2v) is 16.2. The molecule has 1 saturated heterocycles. The van der Waals surface area contributed by atoms with Crippen LogP contribution >= 0.6 is 22.6 Å². The molecule has 1 amide bonds. The van der Waals surface area contributed by atoms with Gasteiger partial charge in [-0.1, -0.05) is 19.1 Å². The molecule has 11 heteroatoms. The van der Waals surface area contributed by atoms with Gasteiger partial charge in [-0.05, 0) is 91.2 Å². The summed E-state index contributed by atoms with van der Waals surface area (Å²) in [5.41, 5.74) is -3.24. The van der Waals surface area contributed by atoms with E-state index < -0.39 is 34.3 Å². The molecular formula is C37H45IN2O8. The van der Waals surface area contributed by atoms with Crippen LogP contribution in [0.4, 0.5) is 5.69 Å². The fourth-order valence-corrected chi connectivity index (χ4v) is 12.6. The number of nitrogens with one attached hydrogen (secondary N) is 1. The maximum Gasteiger partial charge on any atom is 0.340 e. The molecule has 8 rings (SSSR count). The van der Waals surface area contributed by atoms with Gasteiger partial charge < -0.3 is 34.5 Å². The predicted octanol–water partition coefficient (Wildman–Crippen LogP) is 4.12. The maximum atomic E-state index is 14.4. The number of likely N-dealkylation sites (tertiary alicyclic amines) is 1. The van der Waals surface area contributed by atoms with E-state index in [1.165, 1.54) is 0 Å². The first-order valence-electron chi connectivity index (χ1n) is 17.2. The van der Waals surface area contributed by atoms with Gasteiger partial charge in [0, 0.05) is 78.6 Å². The van der Waals surface area contributed by atoms with Gasteiger partial charge in [-0.15, -0.1) is 0 Å². The number of nitrogens with zero attached hydrogens (tertiary/aromatic N) is 1. The largest absolute Gasteiger partial charge is 0.454 e. The SMILES string of the molecule is CCN1C[C@]2(OC(=O)c3ccccc3NC(=O)c3ccc(I)cc3)CC[C@H](OC)[C@]34C1[C@H](C[C@H]23)[C@@]1(O)C[C@H](OC)[C@H]2C[C@@H]4[C@]1(O)[C@H]2OC. The van der Waals surface area contributed by atoms with Gasteiger partial charge in [0.1, 0.15) is 16.8 Å². The monoisotopic (exact) mass is 772 g/mol. The van der Waals surface area contributed by atoms with Crippen molar-refractivity contribution < 1.29 is 38.7 Å². The molecule has 1 aliphatic heterocycles. The van der Waals surface area contributed by atoms with Crippen LogP contribution in [0.5, 0.6) is 0 Å². The van der Waals surface area contributed by atoms with E-state index in [-0.39, 0.29) is 53.4 Å². The summed E-state index contributed by atoms with van der Waals surface area (Å²) >= 11 is 2.20. The Morgan fingerprint density at radius 1 is 1.00 bits per heavy atom. The molecule has 3 N–H and O–H groups in total. The highest BCUT2D eigenvalue weighted by Gasteiger charge is 2.89. The van der Waals surface area contributed by atoms with Crippen molar-refractivity contribution in [1.82, 2.24) is 4.90 Å². The second-order valence-electron chi connectivity index (χ2n) is 15.0. The minimum absolute atomic E-state index is 0.0628. The third-order valence-corrected chi connectivity index (χ3v) is 14.4. The molecule has 5 saturated carbocycles. The third kappa shape index (κ3) is 4.06. The zero-order valence-corrected chi connectivity index (χ0v) is 30.0. The van der Waals surface area contributed by atoms with Gasteiger partial charge in [-0.25, -0.2) is 4.79 Å². The number of hydrogen-bond acceptors (Lipinski definition) is 9. The van der Waals surface area contributed by atoms with Crippen LogP contribution in [0.3, 0.4) is 0 Å². The molecule has 0 aromatic heterocycles. The molecule has 1 heterocycles. The summed E-state index contributed by atoms with van der Waals surface area (Å²) in [5.74, 6) is -1.68. The summed E-state index contributed by atoms with van der Waals surface area (Å²) in [4.78, 5) is 30.0. The number of amides is 1. The van der Waals surface area contributed by atoms with Crippen LogP contribution in [0.1, 0.15) is 59.7 Å². The Kier molecular flexibility index (Phi) is 7.88. The number of halogens is 1. The van der Waals surface area contributed by atoms with Gasteiger partial charge >= 0.3 is 5.97 Å². The lowest BCUT2D eigenvalue weighted by atomic mass is 9.44. The lowest BCUT2D eigenvalue weighted by molar-refractivity contribution is -0.337. The number of rotatable bonds is 8. The van der Waals surface area contributed by atoms with Gasteiger partial charge in [0.25, 0.3) is 5.91 Å². The lowest BCUT2D eigenvalue weighted by Crippen LogP contribution is -2.83. The topological polar surface area (TPSA) is 127 Å². The molecule has 2 aromatic rings. The number of esters is 1. The highest BCUT2D eigenvalue weighted by atomic mass is 127. The zero-order valence-electron chi connectivity index (χ0n) is 27.9. The number of anilines is 1. The van der Waals surface area contributed by atoms with Crippen LogP contribution in [0.25, 0.3) is 0 Å². The highest BCUT2D eigenvalue weighted by molar-refractivity contribution is 14.1. The van der Waals surface area contributed by atoms with Crippen molar-refractivity contribution in [2.24, 2.45) is 29.1 Å². The number of hydrogen-bond donors (Lipinski definition) is 3. The van der Waals surface area contributed by atoms with E-state index in [1.807, 2.05) is 12.1 Å². The lowest BCUT2D eigenvalue weighted by Gasteiger charge is -2.70. The van der Waals surface area contributed by atoms with Crippen molar-refractivity contribution in [3.63, 3.8) is 0 Å². The number of methoxy groups -OCH3 is 3. The van der Waals surface area contributed by atoms with Crippen molar-refractivity contribution in [2.75, 3.05) is 39.7 Å². The average Bonchev–Trinajstić information content (AvgIpc) is 3.51. The van der Waals surface area contributed by atoms with Crippen LogP contribution in [0.15, 0.2) is 48.5 Å². The Morgan fingerprint density at radius 2 is 1.75 bits per heavy atom. The molecule has 2 aromatic carbocycles. The van der Waals surface area contributed by atoms with E-state index in [4.69, 9.17) is 18.9 Å². The summed E-state index contributed by atoms with van der Waals surface area (Å²) in [6, 6.07) is 14.2. The molecule has 5 aliphatic carbocycles. The van der Waals surface area contributed by atoms with Gasteiger partial charge in [0.2, 0.25) is 0 Å². The van der Waals surface area contributed by atoms with Crippen LogP contribution in [-0.2, 0) is 18.9 Å². The summed E-state index contributed by atoms with van der Waals surface area (Å²) in [7, 11) is 5.06. The smallest absolute Gasteiger partial charge is 0.340 e. The average molecular weight is 773 g/mol. The molecular weight excluding hydrogens is 727 g/mol. The molecule has 6 fully saturated rings. The minimum Gasteiger partial charge on any atom is -0.454 e. The van der Waals surface area contributed by atoms with Crippen molar-refractivity contribution in [2.45, 2.75) is 80.2 Å². The van der Waals surface area contributed by atoms with Crippen LogP contribution < -0.4 is 5.32 Å². The Labute approximate surface area is 295 Å². The van der Waals surface area contributed by atoms with Crippen LogP contribution in [0, 0.1) is 32.7 Å². The van der Waals surface area contributed by atoms with E-state index in [9.17, 15) is 19.8 Å². The van der Waals surface area contributed by atoms with Gasteiger partial charge in [0.05, 0.1) is 29.6 Å². The molecule has 48 heavy (non-hydrogen) atoms. The van der Waals surface area contributed by atoms with E-state index in [2.05, 4.69) is 39.7 Å². The molecule has 1 spiro atoms. The minimum atomic E-state index is -1.50. The third-order valence-electron chi connectivity index (χ3n) is 13.7. The Bertz CT molecular complexity index is 1620. The molecule has 258 valence electrons. The summed E-state index contributed by atoms with van der Waals surface area (Å²) in [5, 5.41) is 28.8. The van der Waals surface area contributed by atoms with Gasteiger partial charge in [0.15, 0.2) is 0 Å². The van der Waals surface area contributed by atoms with Gasteiger partial charge in [-0.3, -0.25) is 9.69 Å². The molecule has 1 unspecified atom stereocenters. The fraction of sp³-hybridized carbons (Fsp3) is 0.622. The van der Waals surface area contributed by atoms with E-state index in [0.717, 1.165) is 3.57 Å². The molecule has 12 atom stereocenters. The number of likely N-dealkylation sites (N-methyl/N-ethyl adjacent to an activating group) is 1. The maximum absolute atomic E-state index is 14.4. The predicted molar refractivity (Wildman–Crippen MR) is 185 cm³/mol. The number of ether oxygens (including phenoxy) is 4. The number of benzene rings is 2. The normalized spacial score (nSPS) is 43.6. The molecule has 7 bridgehead atoms. The summed E-state index contributed by atoms with van der Waals surface area (Å²) < 4.78 is 26.3. The number of carbonyl (C=O) groups is 2. The highest BCUT2D eigenvalue weighted by Crippen LogP contribution is 2.79. The van der Waals surface area contributed by atoms with Crippen molar-refractivity contribution in [1.29, 1.82) is 0 Å². The molecule has 0 radical (unpaired) electrons. The second kappa shape index (κ2) is 11.4. The van der Waals surface area contributed by atoms with E-state index in [1.54, 1.807) is 57.7 Å². The quantitative estimate of drug-likeness (QED) is 0.269. The van der Waals surface area contributed by atoms with Gasteiger partial charge in [-0.2, -0.15) is 0 Å². The zero-order chi connectivity index (χ0) is 33.8. The number of piperidine rings is 1. The number of fused-ring (bicyclic) bond motifs is 2. The van der Waals surface area contributed by atoms with Crippen LogP contribution in [0.2, 0.25) is 0 Å². The standard InChI is InChI=1S/C37H45IN2O8/c1-5-40-19-34(48-33(42)22-8-6-7-9-25(22)39-32(41)20-10-12-21(38)13-11-20)15-14-29(46-3)36-27(34)17-24(30(36)40)35(43)18-26(45-2)23-16-28(36)37(35,44)31(23)47-4/h6-13,23-24,26-31,43-44H,5,14-19H2,1-4H3,(H,39,41)/t23-,24+,26+,27-,28+,29+,30?,31+,34-,35+,36+,37+/m1/s1. The summed E-state index contributed by atoms with van der Waals surface area (Å²) in [6.45, 7) is 3.34. The first kappa shape index (κ1) is 33.0. The fourth-order valence-electron chi connectivity index (χ4n) is 12.2.